The van der Waals surface area contributed by atoms with Crippen LogP contribution in [0.2, 0.25) is 0 Å². The molecule has 1 heterocycles. The van der Waals surface area contributed by atoms with E-state index in [1.165, 1.54) is 32.1 Å². The van der Waals surface area contributed by atoms with Crippen LogP contribution in [0.25, 0.3) is 0 Å². The van der Waals surface area contributed by atoms with Gasteiger partial charge < -0.3 is 10.1 Å². The molecule has 2 fully saturated rings. The van der Waals surface area contributed by atoms with Gasteiger partial charge >= 0.3 is 0 Å². The van der Waals surface area contributed by atoms with Crippen molar-refractivity contribution in [2.24, 2.45) is 0 Å². The van der Waals surface area contributed by atoms with E-state index >= 15 is 0 Å². The van der Waals surface area contributed by atoms with Gasteiger partial charge in [-0.05, 0) is 52.7 Å². The Morgan fingerprint density at radius 1 is 1.03 bits per heavy atom. The minimum atomic E-state index is -0.0213. The van der Waals surface area contributed by atoms with E-state index in [2.05, 4.69) is 29.0 Å². The summed E-state index contributed by atoms with van der Waals surface area (Å²) < 4.78 is 5.86. The van der Waals surface area contributed by atoms with Gasteiger partial charge in [0, 0.05) is 44.3 Å². The number of carbonyl (C=O) groups is 1. The first-order valence-electron chi connectivity index (χ1n) is 11.4. The van der Waals surface area contributed by atoms with Crippen LogP contribution >= 0.6 is 0 Å². The molecule has 1 amide bonds. The number of carbonyl (C=O) groups excluding carboxylic acids is 1. The van der Waals surface area contributed by atoms with Gasteiger partial charge in [0.25, 0.3) is 5.91 Å². The Bertz CT molecular complexity index is 660. The van der Waals surface area contributed by atoms with Crippen LogP contribution in [0.4, 0.5) is 0 Å². The summed E-state index contributed by atoms with van der Waals surface area (Å²) in [5.41, 5.74) is 0.738. The molecule has 0 spiro atoms. The van der Waals surface area contributed by atoms with Crippen molar-refractivity contribution in [3.05, 3.63) is 29.8 Å². The van der Waals surface area contributed by atoms with E-state index < -0.39 is 0 Å². The van der Waals surface area contributed by atoms with Crippen LogP contribution in [0.3, 0.4) is 0 Å². The Balaban J connectivity index is 1.68. The van der Waals surface area contributed by atoms with Gasteiger partial charge in [-0.15, -0.1) is 0 Å². The van der Waals surface area contributed by atoms with Crippen LogP contribution in [0.1, 0.15) is 70.2 Å². The zero-order chi connectivity index (χ0) is 20.9. The van der Waals surface area contributed by atoms with Gasteiger partial charge in [0.05, 0.1) is 11.7 Å². The van der Waals surface area contributed by atoms with E-state index in [9.17, 15) is 4.79 Å². The molecule has 29 heavy (non-hydrogen) atoms. The molecule has 1 saturated heterocycles. The van der Waals surface area contributed by atoms with Crippen molar-refractivity contribution in [3.8, 4) is 5.75 Å². The van der Waals surface area contributed by atoms with Crippen molar-refractivity contribution in [1.82, 2.24) is 15.1 Å². The molecule has 2 aliphatic rings. The molecule has 0 aromatic heterocycles. The quantitative estimate of drug-likeness (QED) is 0.752. The molecule has 0 bridgehead atoms. The molecular weight excluding hydrogens is 362 g/mol. The molecule has 1 aromatic carbocycles. The molecular formula is C24H39N3O2. The van der Waals surface area contributed by atoms with E-state index in [-0.39, 0.29) is 17.6 Å². The normalized spacial score (nSPS) is 20.8. The topological polar surface area (TPSA) is 44.8 Å². The lowest BCUT2D eigenvalue weighted by Crippen LogP contribution is -2.62. The predicted molar refractivity (Wildman–Crippen MR) is 119 cm³/mol. The van der Waals surface area contributed by atoms with Crippen LogP contribution in [0.5, 0.6) is 5.75 Å². The highest BCUT2D eigenvalue weighted by Crippen LogP contribution is 2.34. The number of hydrogen-bond donors (Lipinski definition) is 1. The summed E-state index contributed by atoms with van der Waals surface area (Å²) in [6.07, 6.45) is 6.23. The SMILES string of the molecule is CC(C)Oc1ccccc1C(=O)NCC1(N2CCN(C(C)C)CC2)CCCCC1. The average molecular weight is 402 g/mol. The standard InChI is InChI=1S/C24H39N3O2/c1-19(2)26-14-16-27(17-15-26)24(12-8-5-9-13-24)18-25-23(28)21-10-6-7-11-22(21)29-20(3)4/h6-7,10-11,19-20H,5,8-9,12-18H2,1-4H3,(H,25,28). The number of nitrogens with zero attached hydrogens (tertiary/aromatic N) is 2. The van der Waals surface area contributed by atoms with Crippen LogP contribution in [-0.2, 0) is 0 Å². The maximum Gasteiger partial charge on any atom is 0.255 e. The molecule has 1 saturated carbocycles. The van der Waals surface area contributed by atoms with E-state index in [1.807, 2.05) is 38.1 Å². The van der Waals surface area contributed by atoms with Gasteiger partial charge in [0.1, 0.15) is 5.75 Å². The largest absolute Gasteiger partial charge is 0.490 e. The monoisotopic (exact) mass is 401 g/mol. The van der Waals surface area contributed by atoms with Crippen molar-refractivity contribution in [3.63, 3.8) is 0 Å². The first kappa shape index (κ1) is 22.1. The Kier molecular flexibility index (Phi) is 7.58. The molecule has 3 rings (SSSR count). The Hall–Kier alpha value is -1.59. The number of ether oxygens (including phenoxy) is 1. The minimum absolute atomic E-state index is 0.0213. The number of nitrogens with one attached hydrogen (secondary N) is 1. The molecule has 1 aliphatic heterocycles. The molecule has 1 aromatic rings. The second kappa shape index (κ2) is 9.94. The van der Waals surface area contributed by atoms with Gasteiger partial charge in [-0.1, -0.05) is 31.4 Å². The van der Waals surface area contributed by atoms with E-state index in [0.717, 1.165) is 32.7 Å². The van der Waals surface area contributed by atoms with E-state index in [1.54, 1.807) is 0 Å². The number of piperazine rings is 1. The van der Waals surface area contributed by atoms with Crippen molar-refractivity contribution < 1.29 is 9.53 Å². The fraction of sp³-hybridized carbons (Fsp3) is 0.708. The molecule has 0 unspecified atom stereocenters. The van der Waals surface area contributed by atoms with Gasteiger partial charge in [-0.2, -0.15) is 0 Å². The lowest BCUT2D eigenvalue weighted by atomic mass is 9.79. The highest BCUT2D eigenvalue weighted by atomic mass is 16.5. The Labute approximate surface area is 176 Å². The van der Waals surface area contributed by atoms with Crippen molar-refractivity contribution in [1.29, 1.82) is 0 Å². The number of rotatable bonds is 7. The second-order valence-corrected chi connectivity index (χ2v) is 9.25. The summed E-state index contributed by atoms with van der Waals surface area (Å²) >= 11 is 0. The third-order valence-electron chi connectivity index (χ3n) is 6.57. The Morgan fingerprint density at radius 2 is 1.69 bits per heavy atom. The fourth-order valence-electron chi connectivity index (χ4n) is 4.88. The first-order chi connectivity index (χ1) is 13.9. The highest BCUT2D eigenvalue weighted by Gasteiger charge is 2.39. The van der Waals surface area contributed by atoms with E-state index in [4.69, 9.17) is 4.74 Å². The third kappa shape index (κ3) is 5.52. The highest BCUT2D eigenvalue weighted by molar-refractivity contribution is 5.96. The summed E-state index contributed by atoms with van der Waals surface area (Å²) in [6.45, 7) is 13.7. The molecule has 1 aliphatic carbocycles. The molecule has 5 nitrogen and oxygen atoms in total. The first-order valence-corrected chi connectivity index (χ1v) is 11.4. The zero-order valence-electron chi connectivity index (χ0n) is 18.7. The number of hydrogen-bond acceptors (Lipinski definition) is 4. The molecule has 1 N–H and O–H groups in total. The maximum absolute atomic E-state index is 13.0. The van der Waals surface area contributed by atoms with E-state index in [0.29, 0.717) is 17.4 Å². The summed E-state index contributed by atoms with van der Waals surface area (Å²) in [5.74, 6) is 0.648. The molecule has 5 heteroatoms. The van der Waals surface area contributed by atoms with Crippen LogP contribution in [-0.4, -0.2) is 66.1 Å². The van der Waals surface area contributed by atoms with Gasteiger partial charge in [0.15, 0.2) is 0 Å². The molecule has 0 atom stereocenters. The number of benzene rings is 1. The summed E-state index contributed by atoms with van der Waals surface area (Å²) in [5, 5.41) is 3.28. The second-order valence-electron chi connectivity index (χ2n) is 9.25. The van der Waals surface area contributed by atoms with Crippen molar-refractivity contribution in [2.45, 2.75) is 77.5 Å². The lowest BCUT2D eigenvalue weighted by Gasteiger charge is -2.50. The fourth-order valence-corrected chi connectivity index (χ4v) is 4.88. The Morgan fingerprint density at radius 3 is 2.31 bits per heavy atom. The van der Waals surface area contributed by atoms with Gasteiger partial charge in [-0.25, -0.2) is 0 Å². The van der Waals surface area contributed by atoms with Crippen LogP contribution < -0.4 is 10.1 Å². The third-order valence-corrected chi connectivity index (χ3v) is 6.57. The van der Waals surface area contributed by atoms with Gasteiger partial charge in [-0.3, -0.25) is 14.6 Å². The minimum Gasteiger partial charge on any atom is -0.490 e. The number of amides is 1. The predicted octanol–water partition coefficient (Wildman–Crippen LogP) is 3.93. The molecule has 162 valence electrons. The number of para-hydroxylation sites is 1. The lowest BCUT2D eigenvalue weighted by molar-refractivity contribution is 0.000809. The van der Waals surface area contributed by atoms with Crippen LogP contribution in [0.15, 0.2) is 24.3 Å². The smallest absolute Gasteiger partial charge is 0.255 e. The average Bonchev–Trinajstić information content (AvgIpc) is 2.73. The van der Waals surface area contributed by atoms with Gasteiger partial charge in [0.2, 0.25) is 0 Å². The van der Waals surface area contributed by atoms with Crippen LogP contribution in [0, 0.1) is 0 Å². The summed E-state index contributed by atoms with van der Waals surface area (Å²) in [6, 6.07) is 8.18. The maximum atomic E-state index is 13.0. The van der Waals surface area contributed by atoms with Crippen molar-refractivity contribution >= 4 is 5.91 Å². The van der Waals surface area contributed by atoms with Crippen molar-refractivity contribution in [2.75, 3.05) is 32.7 Å². The molecule has 0 radical (unpaired) electrons. The summed E-state index contributed by atoms with van der Waals surface area (Å²) in [4.78, 5) is 18.3. The zero-order valence-corrected chi connectivity index (χ0v) is 18.7. The summed E-state index contributed by atoms with van der Waals surface area (Å²) in [7, 11) is 0.